The van der Waals surface area contributed by atoms with Gasteiger partial charge in [-0.1, -0.05) is 25.7 Å². The highest BCUT2D eigenvalue weighted by molar-refractivity contribution is 5.78. The molecule has 3 fully saturated rings. The highest BCUT2D eigenvalue weighted by atomic mass is 16.3. The lowest BCUT2D eigenvalue weighted by Crippen LogP contribution is -2.48. The van der Waals surface area contributed by atoms with Crippen LogP contribution in [0, 0.1) is 17.8 Å². The van der Waals surface area contributed by atoms with E-state index in [0.29, 0.717) is 31.1 Å². The Balaban J connectivity index is 1.48. The van der Waals surface area contributed by atoms with E-state index in [9.17, 15) is 9.90 Å². The van der Waals surface area contributed by atoms with Gasteiger partial charge >= 0.3 is 0 Å². The number of rotatable bonds is 7. The van der Waals surface area contributed by atoms with E-state index in [-0.39, 0.29) is 12.5 Å². The number of amides is 1. The third kappa shape index (κ3) is 4.27. The van der Waals surface area contributed by atoms with E-state index < -0.39 is 0 Å². The number of fused-ring (bicyclic) bond motifs is 2. The maximum Gasteiger partial charge on any atom is 0.234 e. The molecule has 3 saturated carbocycles. The first kappa shape index (κ1) is 17.2. The Bertz CT molecular complexity index is 395. The number of hydrogen-bond donors (Lipinski definition) is 2. The smallest absolute Gasteiger partial charge is 0.234 e. The van der Waals surface area contributed by atoms with Crippen molar-refractivity contribution in [3.8, 4) is 0 Å². The van der Waals surface area contributed by atoms with Crippen LogP contribution in [0.3, 0.4) is 0 Å². The summed E-state index contributed by atoms with van der Waals surface area (Å²) in [7, 11) is 0. The van der Waals surface area contributed by atoms with Crippen LogP contribution in [0.5, 0.6) is 0 Å². The van der Waals surface area contributed by atoms with Crippen LogP contribution in [0.2, 0.25) is 0 Å². The molecule has 4 unspecified atom stereocenters. The van der Waals surface area contributed by atoms with Gasteiger partial charge in [0.1, 0.15) is 0 Å². The standard InChI is InChI=1S/C19H34N2O2/c1-14(18-12-15-7-8-16(18)11-15)20-19(23)13-21(9-10-22)17-5-3-2-4-6-17/h14-18,22H,2-13H2,1H3,(H,20,23). The first-order chi connectivity index (χ1) is 11.2. The van der Waals surface area contributed by atoms with Gasteiger partial charge in [0.05, 0.1) is 13.2 Å². The Morgan fingerprint density at radius 3 is 2.57 bits per heavy atom. The topological polar surface area (TPSA) is 52.6 Å². The summed E-state index contributed by atoms with van der Waals surface area (Å²) in [5, 5.41) is 12.6. The van der Waals surface area contributed by atoms with Crippen LogP contribution in [-0.4, -0.2) is 47.7 Å². The second kappa shape index (κ2) is 7.98. The molecule has 3 aliphatic carbocycles. The summed E-state index contributed by atoms with van der Waals surface area (Å²) >= 11 is 0. The van der Waals surface area contributed by atoms with Crippen LogP contribution in [0.1, 0.15) is 64.7 Å². The SMILES string of the molecule is CC(NC(=O)CN(CCO)C1CCCCC1)C1CC2CCC1C2. The monoisotopic (exact) mass is 322 g/mol. The van der Waals surface area contributed by atoms with Crippen LogP contribution in [0.4, 0.5) is 0 Å². The summed E-state index contributed by atoms with van der Waals surface area (Å²) in [6.45, 7) is 3.42. The van der Waals surface area contributed by atoms with Crippen molar-refractivity contribution in [3.05, 3.63) is 0 Å². The van der Waals surface area contributed by atoms with Crippen LogP contribution in [-0.2, 0) is 4.79 Å². The number of aliphatic hydroxyl groups excluding tert-OH is 1. The molecule has 0 radical (unpaired) electrons. The molecule has 3 rings (SSSR count). The number of nitrogens with one attached hydrogen (secondary N) is 1. The highest BCUT2D eigenvalue weighted by Gasteiger charge is 2.42. The normalized spacial score (nSPS) is 32.4. The molecule has 0 aliphatic heterocycles. The van der Waals surface area contributed by atoms with Crippen molar-refractivity contribution in [2.24, 2.45) is 17.8 Å². The summed E-state index contributed by atoms with van der Waals surface area (Å²) in [6.07, 6.45) is 11.7. The van der Waals surface area contributed by atoms with Crippen molar-refractivity contribution in [1.82, 2.24) is 10.2 Å². The molecule has 0 spiro atoms. The van der Waals surface area contributed by atoms with E-state index in [4.69, 9.17) is 0 Å². The molecule has 4 heteroatoms. The zero-order chi connectivity index (χ0) is 16.2. The van der Waals surface area contributed by atoms with Crippen molar-refractivity contribution in [3.63, 3.8) is 0 Å². The second-order valence-electron chi connectivity index (χ2n) is 8.18. The fraction of sp³-hybridized carbons (Fsp3) is 0.947. The lowest BCUT2D eigenvalue weighted by molar-refractivity contribution is -0.124. The Morgan fingerprint density at radius 2 is 1.96 bits per heavy atom. The summed E-state index contributed by atoms with van der Waals surface area (Å²) in [5.41, 5.74) is 0. The molecule has 4 nitrogen and oxygen atoms in total. The number of carbonyl (C=O) groups excluding carboxylic acids is 1. The summed E-state index contributed by atoms with van der Waals surface area (Å²) < 4.78 is 0. The highest BCUT2D eigenvalue weighted by Crippen LogP contribution is 2.49. The molecule has 0 saturated heterocycles. The minimum absolute atomic E-state index is 0.145. The first-order valence-electron chi connectivity index (χ1n) is 9.81. The maximum absolute atomic E-state index is 12.5. The molecule has 4 atom stereocenters. The van der Waals surface area contributed by atoms with E-state index in [1.54, 1.807) is 0 Å². The quantitative estimate of drug-likeness (QED) is 0.757. The second-order valence-corrected chi connectivity index (χ2v) is 8.18. The van der Waals surface area contributed by atoms with Gasteiger partial charge in [0.2, 0.25) is 5.91 Å². The zero-order valence-corrected chi connectivity index (χ0v) is 14.7. The lowest BCUT2D eigenvalue weighted by atomic mass is 9.84. The average Bonchev–Trinajstić information content (AvgIpc) is 3.18. The Morgan fingerprint density at radius 1 is 1.17 bits per heavy atom. The van der Waals surface area contributed by atoms with E-state index >= 15 is 0 Å². The van der Waals surface area contributed by atoms with Gasteiger partial charge in [-0.25, -0.2) is 0 Å². The Kier molecular flexibility index (Phi) is 5.97. The molecular formula is C19H34N2O2. The molecule has 132 valence electrons. The van der Waals surface area contributed by atoms with Gasteiger partial charge < -0.3 is 10.4 Å². The maximum atomic E-state index is 12.5. The van der Waals surface area contributed by atoms with E-state index in [0.717, 1.165) is 11.8 Å². The molecule has 1 amide bonds. The zero-order valence-electron chi connectivity index (χ0n) is 14.7. The molecule has 23 heavy (non-hydrogen) atoms. The fourth-order valence-electron chi connectivity index (χ4n) is 5.46. The van der Waals surface area contributed by atoms with Crippen molar-refractivity contribution in [1.29, 1.82) is 0 Å². The van der Waals surface area contributed by atoms with E-state index in [1.165, 1.54) is 57.8 Å². The number of nitrogens with zero attached hydrogens (tertiary/aromatic N) is 1. The van der Waals surface area contributed by atoms with Gasteiger partial charge in [-0.05, 0) is 56.8 Å². The first-order valence-corrected chi connectivity index (χ1v) is 9.81. The Labute approximate surface area is 141 Å². The molecule has 0 aromatic heterocycles. The summed E-state index contributed by atoms with van der Waals surface area (Å²) in [6, 6.07) is 0.791. The summed E-state index contributed by atoms with van der Waals surface area (Å²) in [4.78, 5) is 14.7. The molecule has 3 aliphatic rings. The number of hydrogen-bond acceptors (Lipinski definition) is 3. The van der Waals surface area contributed by atoms with Crippen LogP contribution in [0.15, 0.2) is 0 Å². The van der Waals surface area contributed by atoms with Crippen LogP contribution >= 0.6 is 0 Å². The predicted molar refractivity (Wildman–Crippen MR) is 92.1 cm³/mol. The number of carbonyl (C=O) groups is 1. The van der Waals surface area contributed by atoms with Gasteiger partial charge in [-0.3, -0.25) is 9.69 Å². The van der Waals surface area contributed by atoms with E-state index in [2.05, 4.69) is 17.1 Å². The average molecular weight is 322 g/mol. The predicted octanol–water partition coefficient (Wildman–Crippen LogP) is 2.55. The van der Waals surface area contributed by atoms with Crippen LogP contribution in [0.25, 0.3) is 0 Å². The van der Waals surface area contributed by atoms with Crippen molar-refractivity contribution in [2.45, 2.75) is 76.8 Å². The minimum Gasteiger partial charge on any atom is -0.395 e. The summed E-state index contributed by atoms with van der Waals surface area (Å²) in [5.74, 6) is 2.62. The third-order valence-electron chi connectivity index (χ3n) is 6.65. The Hall–Kier alpha value is -0.610. The van der Waals surface area contributed by atoms with E-state index in [1.807, 2.05) is 0 Å². The molecular weight excluding hydrogens is 288 g/mol. The van der Waals surface area contributed by atoms with Gasteiger partial charge in [0.15, 0.2) is 0 Å². The van der Waals surface area contributed by atoms with Crippen molar-refractivity contribution < 1.29 is 9.90 Å². The molecule has 0 aromatic rings. The van der Waals surface area contributed by atoms with Gasteiger partial charge in [0.25, 0.3) is 0 Å². The third-order valence-corrected chi connectivity index (χ3v) is 6.65. The van der Waals surface area contributed by atoms with Gasteiger partial charge in [0, 0.05) is 18.6 Å². The van der Waals surface area contributed by atoms with Crippen LogP contribution < -0.4 is 5.32 Å². The molecule has 2 N–H and O–H groups in total. The molecule has 0 aromatic carbocycles. The minimum atomic E-state index is 0.145. The van der Waals surface area contributed by atoms with Gasteiger partial charge in [-0.2, -0.15) is 0 Å². The largest absolute Gasteiger partial charge is 0.395 e. The van der Waals surface area contributed by atoms with Gasteiger partial charge in [-0.15, -0.1) is 0 Å². The molecule has 2 bridgehead atoms. The lowest BCUT2D eigenvalue weighted by Gasteiger charge is -2.34. The number of aliphatic hydroxyl groups is 1. The van der Waals surface area contributed by atoms with Crippen molar-refractivity contribution >= 4 is 5.91 Å². The molecule has 0 heterocycles. The van der Waals surface area contributed by atoms with Crippen molar-refractivity contribution in [2.75, 3.05) is 19.7 Å². The fourth-order valence-corrected chi connectivity index (χ4v) is 5.46.